The number of nitrogens with one attached hydrogen (secondary N) is 1. The second-order valence-corrected chi connectivity index (χ2v) is 8.44. The minimum Gasteiger partial charge on any atom is -0.416 e. The van der Waals surface area contributed by atoms with E-state index in [1.165, 1.54) is 11.8 Å². The average molecular weight is 372 g/mol. The standard InChI is InChI=1S/C18H20N4O3S/c1-10(26-17-21-20-14(25-17)11-8-9-11)15(23)22-13-7-5-4-6-12(13)19-16(24)18(22,2)3/h4-7,10-11H,8-9H2,1-3H3,(H,19,24)/t10-/m0/s1. The highest BCUT2D eigenvalue weighted by Crippen LogP contribution is 2.41. The summed E-state index contributed by atoms with van der Waals surface area (Å²) in [5, 5.41) is 10.9. The van der Waals surface area contributed by atoms with Crippen molar-refractivity contribution < 1.29 is 14.0 Å². The number of nitrogens with zero attached hydrogens (tertiary/aromatic N) is 3. The molecule has 1 aromatic carbocycles. The Hall–Kier alpha value is -2.35. The molecule has 1 fully saturated rings. The van der Waals surface area contributed by atoms with Crippen LogP contribution in [0, 0.1) is 0 Å². The summed E-state index contributed by atoms with van der Waals surface area (Å²) < 4.78 is 5.65. The van der Waals surface area contributed by atoms with Crippen molar-refractivity contribution in [2.24, 2.45) is 0 Å². The lowest BCUT2D eigenvalue weighted by Crippen LogP contribution is -2.60. The molecule has 1 saturated carbocycles. The molecule has 2 amide bonds. The van der Waals surface area contributed by atoms with E-state index in [-0.39, 0.29) is 11.8 Å². The Balaban J connectivity index is 1.59. The van der Waals surface area contributed by atoms with Gasteiger partial charge in [-0.3, -0.25) is 14.5 Å². The van der Waals surface area contributed by atoms with Gasteiger partial charge in [0.2, 0.25) is 17.7 Å². The van der Waals surface area contributed by atoms with Crippen molar-refractivity contribution in [1.82, 2.24) is 10.2 Å². The number of thioether (sulfide) groups is 1. The summed E-state index contributed by atoms with van der Waals surface area (Å²) >= 11 is 1.22. The predicted octanol–water partition coefficient (Wildman–Crippen LogP) is 3.19. The molecule has 0 saturated heterocycles. The minimum atomic E-state index is -0.992. The van der Waals surface area contributed by atoms with Crippen molar-refractivity contribution in [2.75, 3.05) is 10.2 Å². The summed E-state index contributed by atoms with van der Waals surface area (Å²) in [5.74, 6) is 0.638. The van der Waals surface area contributed by atoms with Crippen LogP contribution >= 0.6 is 11.8 Å². The number of rotatable bonds is 4. The van der Waals surface area contributed by atoms with Gasteiger partial charge in [-0.15, -0.1) is 10.2 Å². The maximum atomic E-state index is 13.2. The third-order valence-electron chi connectivity index (χ3n) is 4.70. The normalized spacial score (nSPS) is 19.7. The predicted molar refractivity (Wildman–Crippen MR) is 98.2 cm³/mol. The van der Waals surface area contributed by atoms with E-state index in [1.54, 1.807) is 31.7 Å². The zero-order chi connectivity index (χ0) is 18.5. The van der Waals surface area contributed by atoms with Gasteiger partial charge >= 0.3 is 0 Å². The summed E-state index contributed by atoms with van der Waals surface area (Å²) in [6.07, 6.45) is 2.16. The van der Waals surface area contributed by atoms with Crippen LogP contribution in [0.3, 0.4) is 0 Å². The molecule has 0 bridgehead atoms. The number of carbonyl (C=O) groups excluding carboxylic acids is 2. The molecule has 1 aromatic heterocycles. The number of para-hydroxylation sites is 2. The number of fused-ring (bicyclic) bond motifs is 1. The van der Waals surface area contributed by atoms with Gasteiger partial charge in [-0.1, -0.05) is 23.9 Å². The van der Waals surface area contributed by atoms with E-state index in [0.717, 1.165) is 12.8 Å². The second kappa shape index (κ2) is 6.12. The highest BCUT2D eigenvalue weighted by molar-refractivity contribution is 8.00. The minimum absolute atomic E-state index is 0.173. The van der Waals surface area contributed by atoms with Crippen LogP contribution in [0.4, 0.5) is 11.4 Å². The monoisotopic (exact) mass is 372 g/mol. The van der Waals surface area contributed by atoms with Gasteiger partial charge in [-0.25, -0.2) is 0 Å². The number of hydrogen-bond acceptors (Lipinski definition) is 6. The zero-order valence-electron chi connectivity index (χ0n) is 14.9. The van der Waals surface area contributed by atoms with Gasteiger partial charge < -0.3 is 9.73 Å². The van der Waals surface area contributed by atoms with Crippen LogP contribution in [-0.4, -0.2) is 32.8 Å². The van der Waals surface area contributed by atoms with Crippen molar-refractivity contribution in [2.45, 2.75) is 55.5 Å². The highest BCUT2D eigenvalue weighted by atomic mass is 32.2. The molecule has 4 rings (SSSR count). The molecule has 8 heteroatoms. The molecule has 1 atom stereocenters. The molecule has 2 heterocycles. The Bertz CT molecular complexity index is 875. The fourth-order valence-electron chi connectivity index (χ4n) is 2.99. The summed E-state index contributed by atoms with van der Waals surface area (Å²) in [6, 6.07) is 7.31. The Morgan fingerprint density at radius 2 is 2.08 bits per heavy atom. The van der Waals surface area contributed by atoms with Gasteiger partial charge in [0, 0.05) is 5.92 Å². The molecular formula is C18H20N4O3S. The molecule has 1 aliphatic heterocycles. The maximum Gasteiger partial charge on any atom is 0.277 e. The fourth-order valence-corrected chi connectivity index (χ4v) is 3.72. The molecule has 136 valence electrons. The number of aromatic nitrogens is 2. The van der Waals surface area contributed by atoms with E-state index in [1.807, 2.05) is 18.2 Å². The molecule has 1 N–H and O–H groups in total. The molecule has 0 radical (unpaired) electrons. The number of benzene rings is 1. The van der Waals surface area contributed by atoms with E-state index in [2.05, 4.69) is 15.5 Å². The van der Waals surface area contributed by atoms with Crippen LogP contribution in [0.1, 0.15) is 45.4 Å². The first-order valence-corrected chi connectivity index (χ1v) is 9.50. The van der Waals surface area contributed by atoms with Gasteiger partial charge in [0.25, 0.3) is 5.22 Å². The number of anilines is 2. The topological polar surface area (TPSA) is 88.3 Å². The van der Waals surface area contributed by atoms with E-state index in [0.29, 0.717) is 28.4 Å². The zero-order valence-corrected chi connectivity index (χ0v) is 15.7. The van der Waals surface area contributed by atoms with Gasteiger partial charge in [-0.2, -0.15) is 0 Å². The van der Waals surface area contributed by atoms with Crippen molar-refractivity contribution in [3.8, 4) is 0 Å². The van der Waals surface area contributed by atoms with E-state index < -0.39 is 10.8 Å². The van der Waals surface area contributed by atoms with Crippen LogP contribution in [-0.2, 0) is 9.59 Å². The third-order valence-corrected chi connectivity index (χ3v) is 5.62. The number of hydrogen-bond donors (Lipinski definition) is 1. The molecule has 2 aromatic rings. The largest absolute Gasteiger partial charge is 0.416 e. The van der Waals surface area contributed by atoms with Crippen LogP contribution in [0.5, 0.6) is 0 Å². The highest BCUT2D eigenvalue weighted by Gasteiger charge is 2.45. The maximum absolute atomic E-state index is 13.2. The molecule has 0 spiro atoms. The molecule has 26 heavy (non-hydrogen) atoms. The Morgan fingerprint density at radius 3 is 2.81 bits per heavy atom. The van der Waals surface area contributed by atoms with Gasteiger partial charge in [0.05, 0.1) is 16.6 Å². The SMILES string of the molecule is C[C@H](Sc1nnc(C2CC2)o1)C(=O)N1c2ccccc2NC(=O)C1(C)C. The first-order chi connectivity index (χ1) is 12.4. The third kappa shape index (κ3) is 2.88. The Morgan fingerprint density at radius 1 is 1.35 bits per heavy atom. The first-order valence-electron chi connectivity index (χ1n) is 8.62. The molecule has 7 nitrogen and oxygen atoms in total. The van der Waals surface area contributed by atoms with Crippen LogP contribution in [0.25, 0.3) is 0 Å². The second-order valence-electron chi connectivity index (χ2n) is 7.14. The number of amides is 2. The Labute approximate surface area is 155 Å². The average Bonchev–Trinajstić information content (AvgIpc) is 3.35. The van der Waals surface area contributed by atoms with Crippen molar-refractivity contribution in [1.29, 1.82) is 0 Å². The van der Waals surface area contributed by atoms with Crippen LogP contribution in [0.15, 0.2) is 33.9 Å². The van der Waals surface area contributed by atoms with Crippen molar-refractivity contribution >= 4 is 35.0 Å². The lowest BCUT2D eigenvalue weighted by Gasteiger charge is -2.42. The molecule has 1 aliphatic carbocycles. The van der Waals surface area contributed by atoms with Gasteiger partial charge in [0.1, 0.15) is 5.54 Å². The lowest BCUT2D eigenvalue weighted by molar-refractivity contribution is -0.126. The van der Waals surface area contributed by atoms with E-state index >= 15 is 0 Å². The van der Waals surface area contributed by atoms with Crippen molar-refractivity contribution in [3.63, 3.8) is 0 Å². The Kier molecular flexibility index (Phi) is 4.02. The van der Waals surface area contributed by atoms with Crippen LogP contribution < -0.4 is 10.2 Å². The van der Waals surface area contributed by atoms with Gasteiger partial charge in [0.15, 0.2) is 0 Å². The molecule has 2 aliphatic rings. The van der Waals surface area contributed by atoms with E-state index in [4.69, 9.17) is 4.42 Å². The summed E-state index contributed by atoms with van der Waals surface area (Å²) in [5.41, 5.74) is 0.337. The van der Waals surface area contributed by atoms with Gasteiger partial charge in [-0.05, 0) is 45.7 Å². The molecule has 0 unspecified atom stereocenters. The summed E-state index contributed by atoms with van der Waals surface area (Å²) in [6.45, 7) is 5.27. The number of carbonyl (C=O) groups is 2. The van der Waals surface area contributed by atoms with E-state index in [9.17, 15) is 9.59 Å². The summed E-state index contributed by atoms with van der Waals surface area (Å²) in [7, 11) is 0. The quantitative estimate of drug-likeness (QED) is 0.829. The molecular weight excluding hydrogens is 352 g/mol. The fraction of sp³-hybridized carbons (Fsp3) is 0.444. The van der Waals surface area contributed by atoms with Crippen molar-refractivity contribution in [3.05, 3.63) is 30.2 Å². The summed E-state index contributed by atoms with van der Waals surface area (Å²) in [4.78, 5) is 27.3. The van der Waals surface area contributed by atoms with Crippen LogP contribution in [0.2, 0.25) is 0 Å². The first kappa shape index (κ1) is 17.1. The smallest absolute Gasteiger partial charge is 0.277 e. The lowest BCUT2D eigenvalue weighted by atomic mass is 9.96.